The molecule has 1 rings (SSSR count). The summed E-state index contributed by atoms with van der Waals surface area (Å²) >= 11 is 0. The lowest BCUT2D eigenvalue weighted by Crippen LogP contribution is -2.09. The summed E-state index contributed by atoms with van der Waals surface area (Å²) < 4.78 is 0. The van der Waals surface area contributed by atoms with E-state index in [1.165, 1.54) is 0 Å². The van der Waals surface area contributed by atoms with Gasteiger partial charge in [-0.15, -0.1) is 12.3 Å². The third-order valence-electron chi connectivity index (χ3n) is 1.84. The minimum absolute atomic E-state index is 0.335. The Bertz CT molecular complexity index is 276. The lowest BCUT2D eigenvalue weighted by atomic mass is 10.1. The van der Waals surface area contributed by atoms with Gasteiger partial charge < -0.3 is 5.11 Å². The molecule has 0 radical (unpaired) electrons. The number of aliphatic hydroxyl groups is 1. The fraction of sp³-hybridized carbons (Fsp3) is 0.364. The van der Waals surface area contributed by atoms with Crippen LogP contribution in [-0.4, -0.2) is 16.2 Å². The Morgan fingerprint density at radius 2 is 2.15 bits per heavy atom. The highest BCUT2D eigenvalue weighted by atomic mass is 16.3. The van der Waals surface area contributed by atoms with Crippen LogP contribution in [0.2, 0.25) is 0 Å². The highest BCUT2D eigenvalue weighted by Gasteiger charge is 2.03. The van der Waals surface area contributed by atoms with Gasteiger partial charge >= 0.3 is 0 Å². The molecule has 68 valence electrons. The summed E-state index contributed by atoms with van der Waals surface area (Å²) in [5.74, 6) is 2.51. The maximum Gasteiger partial charge on any atom is 0.0589 e. The zero-order valence-electron chi connectivity index (χ0n) is 7.48. The molecule has 0 amide bonds. The number of aromatic nitrogens is 1. The molecule has 1 atom stereocenters. The predicted molar refractivity (Wildman–Crippen MR) is 52.0 cm³/mol. The minimum Gasteiger partial charge on any atom is -0.393 e. The summed E-state index contributed by atoms with van der Waals surface area (Å²) in [5.41, 5.74) is 1.10. The topological polar surface area (TPSA) is 33.1 Å². The van der Waals surface area contributed by atoms with Crippen molar-refractivity contribution in [1.82, 2.24) is 4.98 Å². The molecule has 1 heterocycles. The van der Waals surface area contributed by atoms with E-state index in [2.05, 4.69) is 10.9 Å². The normalized spacial score (nSPS) is 12.0. The van der Waals surface area contributed by atoms with Crippen molar-refractivity contribution in [3.63, 3.8) is 0 Å². The first-order chi connectivity index (χ1) is 6.33. The third kappa shape index (κ3) is 3.73. The molecule has 0 fully saturated rings. The minimum atomic E-state index is -0.335. The van der Waals surface area contributed by atoms with E-state index in [1.54, 1.807) is 12.4 Å². The van der Waals surface area contributed by atoms with Crippen LogP contribution in [0.1, 0.15) is 18.4 Å². The molecule has 1 aromatic rings. The van der Waals surface area contributed by atoms with Crippen LogP contribution in [0.4, 0.5) is 0 Å². The molecule has 13 heavy (non-hydrogen) atoms. The highest BCUT2D eigenvalue weighted by Crippen LogP contribution is 2.05. The largest absolute Gasteiger partial charge is 0.393 e. The van der Waals surface area contributed by atoms with Gasteiger partial charge in [0, 0.05) is 18.8 Å². The Balaban J connectivity index is 2.37. The van der Waals surface area contributed by atoms with E-state index >= 15 is 0 Å². The van der Waals surface area contributed by atoms with Crippen LogP contribution in [0.5, 0.6) is 0 Å². The Kier molecular flexibility index (Phi) is 4.01. The van der Waals surface area contributed by atoms with Gasteiger partial charge in [0.05, 0.1) is 6.10 Å². The molecule has 0 aliphatic heterocycles. The number of hydrogen-bond acceptors (Lipinski definition) is 2. The van der Waals surface area contributed by atoms with Gasteiger partial charge in [-0.05, 0) is 30.5 Å². The number of nitrogens with zero attached hydrogens (tertiary/aromatic N) is 1. The second-order valence-corrected chi connectivity index (χ2v) is 2.96. The maximum atomic E-state index is 9.52. The molecule has 0 spiro atoms. The Morgan fingerprint density at radius 3 is 2.77 bits per heavy atom. The molecule has 0 saturated carbocycles. The average Bonchev–Trinajstić information content (AvgIpc) is 2.16. The Hall–Kier alpha value is -1.33. The van der Waals surface area contributed by atoms with Crippen molar-refractivity contribution in [2.24, 2.45) is 0 Å². The molecule has 0 aliphatic rings. The van der Waals surface area contributed by atoms with Crippen molar-refractivity contribution in [3.8, 4) is 12.3 Å². The quantitative estimate of drug-likeness (QED) is 0.702. The summed E-state index contributed by atoms with van der Waals surface area (Å²) in [4.78, 5) is 3.90. The van der Waals surface area contributed by atoms with E-state index < -0.39 is 0 Å². The van der Waals surface area contributed by atoms with Gasteiger partial charge in [0.15, 0.2) is 0 Å². The van der Waals surface area contributed by atoms with Crippen LogP contribution >= 0.6 is 0 Å². The fourth-order valence-corrected chi connectivity index (χ4v) is 1.14. The van der Waals surface area contributed by atoms with Crippen LogP contribution in [0, 0.1) is 12.3 Å². The number of hydrogen-bond donors (Lipinski definition) is 1. The highest BCUT2D eigenvalue weighted by molar-refractivity contribution is 5.10. The van der Waals surface area contributed by atoms with Crippen molar-refractivity contribution in [1.29, 1.82) is 0 Å². The van der Waals surface area contributed by atoms with E-state index in [4.69, 9.17) is 6.42 Å². The van der Waals surface area contributed by atoms with Crippen LogP contribution in [0.15, 0.2) is 24.5 Å². The van der Waals surface area contributed by atoms with Crippen LogP contribution in [0.3, 0.4) is 0 Å². The van der Waals surface area contributed by atoms with Gasteiger partial charge in [-0.3, -0.25) is 4.98 Å². The van der Waals surface area contributed by atoms with E-state index in [9.17, 15) is 5.11 Å². The third-order valence-corrected chi connectivity index (χ3v) is 1.84. The van der Waals surface area contributed by atoms with Gasteiger partial charge in [-0.1, -0.05) is 0 Å². The molecule has 1 aromatic heterocycles. The van der Waals surface area contributed by atoms with E-state index in [1.807, 2.05) is 12.1 Å². The number of rotatable bonds is 4. The lowest BCUT2D eigenvalue weighted by Gasteiger charge is -2.07. The first-order valence-electron chi connectivity index (χ1n) is 4.33. The first-order valence-corrected chi connectivity index (χ1v) is 4.33. The maximum absolute atomic E-state index is 9.52. The summed E-state index contributed by atoms with van der Waals surface area (Å²) in [6.07, 6.45) is 10.2. The number of pyridine rings is 1. The fourth-order valence-electron chi connectivity index (χ4n) is 1.14. The predicted octanol–water partition coefficient (Wildman–Crippen LogP) is 1.40. The summed E-state index contributed by atoms with van der Waals surface area (Å²) in [6, 6.07) is 3.80. The molecule has 0 saturated heterocycles. The summed E-state index contributed by atoms with van der Waals surface area (Å²) in [5, 5.41) is 9.52. The molecular formula is C11H13NO. The Morgan fingerprint density at radius 1 is 1.46 bits per heavy atom. The van der Waals surface area contributed by atoms with E-state index in [-0.39, 0.29) is 6.10 Å². The second kappa shape index (κ2) is 5.34. The van der Waals surface area contributed by atoms with Gasteiger partial charge in [-0.2, -0.15) is 0 Å². The van der Waals surface area contributed by atoms with E-state index in [0.29, 0.717) is 19.3 Å². The van der Waals surface area contributed by atoms with Crippen molar-refractivity contribution in [3.05, 3.63) is 30.1 Å². The average molecular weight is 175 g/mol. The van der Waals surface area contributed by atoms with Gasteiger partial charge in [0.2, 0.25) is 0 Å². The molecular weight excluding hydrogens is 162 g/mol. The molecule has 2 heteroatoms. The molecule has 0 bridgehead atoms. The van der Waals surface area contributed by atoms with Crippen molar-refractivity contribution >= 4 is 0 Å². The van der Waals surface area contributed by atoms with Crippen LogP contribution in [0.25, 0.3) is 0 Å². The van der Waals surface area contributed by atoms with Crippen molar-refractivity contribution in [2.45, 2.75) is 25.4 Å². The first kappa shape index (κ1) is 9.76. The van der Waals surface area contributed by atoms with E-state index in [0.717, 1.165) is 5.56 Å². The molecule has 1 N–H and O–H groups in total. The monoisotopic (exact) mass is 175 g/mol. The van der Waals surface area contributed by atoms with Crippen molar-refractivity contribution in [2.75, 3.05) is 0 Å². The SMILES string of the molecule is C#CCCC(O)Cc1ccncc1. The second-order valence-electron chi connectivity index (χ2n) is 2.96. The number of terminal acetylenes is 1. The van der Waals surface area contributed by atoms with Gasteiger partial charge in [0.1, 0.15) is 0 Å². The van der Waals surface area contributed by atoms with Crippen LogP contribution in [-0.2, 0) is 6.42 Å². The molecule has 1 unspecified atom stereocenters. The smallest absolute Gasteiger partial charge is 0.0589 e. The van der Waals surface area contributed by atoms with Gasteiger partial charge in [0.25, 0.3) is 0 Å². The zero-order chi connectivity index (χ0) is 9.52. The zero-order valence-corrected chi connectivity index (χ0v) is 7.48. The molecule has 0 aliphatic carbocycles. The van der Waals surface area contributed by atoms with Gasteiger partial charge in [-0.25, -0.2) is 0 Å². The standard InChI is InChI=1S/C11H13NO/c1-2-3-4-11(13)9-10-5-7-12-8-6-10/h1,5-8,11,13H,3-4,9H2. The molecule has 2 nitrogen and oxygen atoms in total. The molecule has 0 aromatic carbocycles. The summed E-state index contributed by atoms with van der Waals surface area (Å²) in [7, 11) is 0. The number of aliphatic hydroxyl groups excluding tert-OH is 1. The van der Waals surface area contributed by atoms with Crippen LogP contribution < -0.4 is 0 Å². The summed E-state index contributed by atoms with van der Waals surface area (Å²) in [6.45, 7) is 0. The Labute approximate surface area is 78.6 Å². The lowest BCUT2D eigenvalue weighted by molar-refractivity contribution is 0.166. The van der Waals surface area contributed by atoms with Crippen molar-refractivity contribution < 1.29 is 5.11 Å².